The maximum absolute atomic E-state index is 13.4. The summed E-state index contributed by atoms with van der Waals surface area (Å²) in [6.45, 7) is 9.30. The fraction of sp³-hybridized carbons (Fsp3) is 0.533. The highest BCUT2D eigenvalue weighted by Crippen LogP contribution is 2.18. The van der Waals surface area contributed by atoms with Crippen LogP contribution in [0.5, 0.6) is 0 Å². The lowest BCUT2D eigenvalue weighted by Gasteiger charge is -2.24. The highest BCUT2D eigenvalue weighted by Gasteiger charge is 2.12. The van der Waals surface area contributed by atoms with E-state index in [2.05, 4.69) is 23.8 Å². The number of halogens is 1. The van der Waals surface area contributed by atoms with Gasteiger partial charge in [-0.1, -0.05) is 13.0 Å². The van der Waals surface area contributed by atoms with Gasteiger partial charge < -0.3 is 15.0 Å². The van der Waals surface area contributed by atoms with Crippen molar-refractivity contribution in [3.8, 4) is 0 Å². The first-order chi connectivity index (χ1) is 9.72. The second-order valence-corrected chi connectivity index (χ2v) is 4.54. The highest BCUT2D eigenvalue weighted by atomic mass is 19.1. The van der Waals surface area contributed by atoms with Crippen LogP contribution in [0.4, 0.5) is 10.2 Å². The summed E-state index contributed by atoms with van der Waals surface area (Å²) in [4.78, 5) is 6.28. The molecule has 0 spiro atoms. The van der Waals surface area contributed by atoms with E-state index >= 15 is 0 Å². The monoisotopic (exact) mass is 281 g/mol. The Labute approximate surface area is 120 Å². The molecule has 0 bridgehead atoms. The van der Waals surface area contributed by atoms with Gasteiger partial charge in [0.15, 0.2) is 0 Å². The summed E-state index contributed by atoms with van der Waals surface area (Å²) in [5, 5.41) is 3.28. The molecule has 0 fully saturated rings. The van der Waals surface area contributed by atoms with Crippen molar-refractivity contribution in [3.63, 3.8) is 0 Å². The van der Waals surface area contributed by atoms with Crippen LogP contribution in [0, 0.1) is 5.82 Å². The zero-order valence-electron chi connectivity index (χ0n) is 12.4. The molecule has 0 unspecified atom stereocenters. The quantitative estimate of drug-likeness (QED) is 0.528. The lowest BCUT2D eigenvalue weighted by molar-refractivity contribution is 0.205. The van der Waals surface area contributed by atoms with Crippen LogP contribution in [0.15, 0.2) is 24.9 Å². The Balaban J connectivity index is 2.89. The lowest BCUT2D eigenvalue weighted by atomic mass is 10.2. The number of pyridine rings is 1. The number of nitrogens with zero attached hydrogens (tertiary/aromatic N) is 2. The zero-order chi connectivity index (χ0) is 14.8. The van der Waals surface area contributed by atoms with Crippen molar-refractivity contribution >= 4 is 5.82 Å². The molecule has 1 N–H and O–H groups in total. The summed E-state index contributed by atoms with van der Waals surface area (Å²) in [7, 11) is 1.66. The SMILES string of the molecule is C=CCN(CCOC)c1ncc(F)cc1CNCCC. The molecule has 0 saturated heterocycles. The average Bonchev–Trinajstić information content (AvgIpc) is 2.44. The van der Waals surface area contributed by atoms with E-state index in [1.807, 2.05) is 11.0 Å². The Hall–Kier alpha value is -1.46. The molecular weight excluding hydrogens is 257 g/mol. The van der Waals surface area contributed by atoms with Gasteiger partial charge in [-0.25, -0.2) is 9.37 Å². The number of aromatic nitrogens is 1. The Bertz CT molecular complexity index is 412. The fourth-order valence-corrected chi connectivity index (χ4v) is 1.93. The van der Waals surface area contributed by atoms with Gasteiger partial charge in [-0.2, -0.15) is 0 Å². The van der Waals surface area contributed by atoms with E-state index in [-0.39, 0.29) is 5.82 Å². The van der Waals surface area contributed by atoms with E-state index in [0.717, 1.165) is 24.3 Å². The normalized spacial score (nSPS) is 10.6. The van der Waals surface area contributed by atoms with Crippen molar-refractivity contribution in [1.82, 2.24) is 10.3 Å². The number of hydrogen-bond donors (Lipinski definition) is 1. The van der Waals surface area contributed by atoms with Gasteiger partial charge in [-0.05, 0) is 19.0 Å². The van der Waals surface area contributed by atoms with E-state index in [1.54, 1.807) is 7.11 Å². The first kappa shape index (κ1) is 16.6. The molecule has 112 valence electrons. The lowest BCUT2D eigenvalue weighted by Crippen LogP contribution is -2.30. The second kappa shape index (κ2) is 9.44. The highest BCUT2D eigenvalue weighted by molar-refractivity contribution is 5.47. The molecule has 0 amide bonds. The third kappa shape index (κ3) is 5.27. The summed E-state index contributed by atoms with van der Waals surface area (Å²) in [6, 6.07) is 1.54. The van der Waals surface area contributed by atoms with Crippen molar-refractivity contribution in [3.05, 3.63) is 36.3 Å². The predicted molar refractivity (Wildman–Crippen MR) is 80.5 cm³/mol. The minimum Gasteiger partial charge on any atom is -0.383 e. The molecule has 1 rings (SSSR count). The molecule has 0 atom stereocenters. The molecule has 0 aliphatic heterocycles. The van der Waals surface area contributed by atoms with Gasteiger partial charge in [0.1, 0.15) is 11.6 Å². The average molecular weight is 281 g/mol. The molecule has 0 aliphatic carbocycles. The number of hydrogen-bond acceptors (Lipinski definition) is 4. The van der Waals surface area contributed by atoms with Crippen LogP contribution in [0.2, 0.25) is 0 Å². The van der Waals surface area contributed by atoms with Crippen molar-refractivity contribution in [1.29, 1.82) is 0 Å². The van der Waals surface area contributed by atoms with Crippen LogP contribution in [0.3, 0.4) is 0 Å². The number of nitrogens with one attached hydrogen (secondary N) is 1. The van der Waals surface area contributed by atoms with Gasteiger partial charge in [0.2, 0.25) is 0 Å². The van der Waals surface area contributed by atoms with Gasteiger partial charge in [0, 0.05) is 32.3 Å². The molecule has 5 heteroatoms. The first-order valence-electron chi connectivity index (χ1n) is 6.92. The number of methoxy groups -OCH3 is 1. The zero-order valence-corrected chi connectivity index (χ0v) is 12.4. The molecule has 1 aromatic heterocycles. The topological polar surface area (TPSA) is 37.4 Å². The van der Waals surface area contributed by atoms with Crippen molar-refractivity contribution in [2.75, 3.05) is 38.3 Å². The van der Waals surface area contributed by atoms with Crippen LogP contribution in [0.25, 0.3) is 0 Å². The minimum absolute atomic E-state index is 0.313. The van der Waals surface area contributed by atoms with Crippen LogP contribution in [0.1, 0.15) is 18.9 Å². The van der Waals surface area contributed by atoms with Crippen LogP contribution < -0.4 is 10.2 Å². The summed E-state index contributed by atoms with van der Waals surface area (Å²) in [5.74, 6) is 0.472. The molecular formula is C15H24FN3O. The molecule has 0 aromatic carbocycles. The largest absolute Gasteiger partial charge is 0.383 e. The van der Waals surface area contributed by atoms with Crippen LogP contribution in [-0.4, -0.2) is 38.3 Å². The predicted octanol–water partition coefficient (Wildman–Crippen LogP) is 2.36. The third-order valence-electron chi connectivity index (χ3n) is 2.87. The van der Waals surface area contributed by atoms with Gasteiger partial charge >= 0.3 is 0 Å². The second-order valence-electron chi connectivity index (χ2n) is 4.54. The number of anilines is 1. The molecule has 1 aromatic rings. The number of ether oxygens (including phenoxy) is 1. The summed E-state index contributed by atoms with van der Waals surface area (Å²) in [5.41, 5.74) is 0.858. The minimum atomic E-state index is -0.313. The molecule has 0 radical (unpaired) electrons. The first-order valence-corrected chi connectivity index (χ1v) is 6.92. The Morgan fingerprint density at radius 3 is 3.00 bits per heavy atom. The molecule has 20 heavy (non-hydrogen) atoms. The summed E-state index contributed by atoms with van der Waals surface area (Å²) < 4.78 is 18.5. The molecule has 4 nitrogen and oxygen atoms in total. The van der Waals surface area contributed by atoms with Crippen molar-refractivity contribution < 1.29 is 9.13 Å². The Morgan fingerprint density at radius 1 is 1.55 bits per heavy atom. The van der Waals surface area contributed by atoms with E-state index in [4.69, 9.17) is 4.74 Å². The van der Waals surface area contributed by atoms with Crippen LogP contribution in [-0.2, 0) is 11.3 Å². The standard InChI is InChI=1S/C15H24FN3O/c1-4-6-17-11-13-10-14(16)12-18-15(13)19(7-5-2)8-9-20-3/h5,10,12,17H,2,4,6-9,11H2,1,3H3. The molecule has 0 aliphatic rings. The van der Waals surface area contributed by atoms with Gasteiger partial charge in [0.25, 0.3) is 0 Å². The fourth-order valence-electron chi connectivity index (χ4n) is 1.93. The maximum Gasteiger partial charge on any atom is 0.141 e. The van der Waals surface area contributed by atoms with Gasteiger partial charge in [-0.15, -0.1) is 6.58 Å². The summed E-state index contributed by atoms with van der Waals surface area (Å²) >= 11 is 0. The van der Waals surface area contributed by atoms with E-state index in [1.165, 1.54) is 12.3 Å². The number of rotatable bonds is 10. The Morgan fingerprint density at radius 2 is 2.35 bits per heavy atom. The van der Waals surface area contributed by atoms with Gasteiger partial charge in [-0.3, -0.25) is 0 Å². The maximum atomic E-state index is 13.4. The summed E-state index contributed by atoms with van der Waals surface area (Å²) in [6.07, 6.45) is 4.10. The van der Waals surface area contributed by atoms with E-state index in [9.17, 15) is 4.39 Å². The van der Waals surface area contributed by atoms with E-state index < -0.39 is 0 Å². The molecule has 1 heterocycles. The van der Waals surface area contributed by atoms with Crippen molar-refractivity contribution in [2.45, 2.75) is 19.9 Å². The smallest absolute Gasteiger partial charge is 0.141 e. The molecule has 0 saturated carbocycles. The van der Waals surface area contributed by atoms with Gasteiger partial charge in [0.05, 0.1) is 12.8 Å². The van der Waals surface area contributed by atoms with E-state index in [0.29, 0.717) is 26.2 Å². The van der Waals surface area contributed by atoms with Crippen molar-refractivity contribution in [2.24, 2.45) is 0 Å². The van der Waals surface area contributed by atoms with Crippen LogP contribution >= 0.6 is 0 Å². The third-order valence-corrected chi connectivity index (χ3v) is 2.87. The Kier molecular flexibility index (Phi) is 7.84.